The van der Waals surface area contributed by atoms with E-state index in [2.05, 4.69) is 5.32 Å². The summed E-state index contributed by atoms with van der Waals surface area (Å²) in [7, 11) is -3.74. The van der Waals surface area contributed by atoms with Gasteiger partial charge in [0.15, 0.2) is 5.58 Å². The van der Waals surface area contributed by atoms with Gasteiger partial charge < -0.3 is 9.73 Å². The molecule has 33 heavy (non-hydrogen) atoms. The topological polar surface area (TPSA) is 102 Å². The van der Waals surface area contributed by atoms with Gasteiger partial charge in [0.2, 0.25) is 15.9 Å². The van der Waals surface area contributed by atoms with Crippen molar-refractivity contribution in [1.82, 2.24) is 8.87 Å². The second kappa shape index (κ2) is 8.75. The second-order valence-corrected chi connectivity index (χ2v) is 10.8. The van der Waals surface area contributed by atoms with E-state index < -0.39 is 27.5 Å². The monoisotopic (exact) mass is 475 g/mol. The molecule has 0 spiro atoms. The van der Waals surface area contributed by atoms with Gasteiger partial charge in [0, 0.05) is 24.8 Å². The van der Waals surface area contributed by atoms with E-state index in [1.807, 2.05) is 13.8 Å². The van der Waals surface area contributed by atoms with Crippen LogP contribution in [0, 0.1) is 24.6 Å². The maximum atomic E-state index is 13.3. The van der Waals surface area contributed by atoms with Crippen LogP contribution in [0.5, 0.6) is 0 Å². The summed E-state index contributed by atoms with van der Waals surface area (Å²) >= 11 is 0. The third kappa shape index (κ3) is 4.72. The summed E-state index contributed by atoms with van der Waals surface area (Å²) in [5, 5.41) is 2.64. The molecule has 0 radical (unpaired) electrons. The molecule has 0 aliphatic carbocycles. The Labute approximate surface area is 191 Å². The van der Waals surface area contributed by atoms with Crippen molar-refractivity contribution in [2.75, 3.05) is 18.4 Å². The minimum absolute atomic E-state index is 0.0450. The lowest BCUT2D eigenvalue weighted by Gasteiger charge is -2.34. The molecule has 1 amide bonds. The van der Waals surface area contributed by atoms with Gasteiger partial charge in [-0.1, -0.05) is 13.8 Å². The number of fused-ring (bicyclic) bond motifs is 1. The molecule has 1 fully saturated rings. The fourth-order valence-corrected chi connectivity index (χ4v) is 6.10. The number of rotatable bonds is 5. The van der Waals surface area contributed by atoms with Gasteiger partial charge in [-0.25, -0.2) is 17.6 Å². The number of hydrogen-bond acceptors (Lipinski definition) is 5. The van der Waals surface area contributed by atoms with Crippen LogP contribution >= 0.6 is 0 Å². The minimum atomic E-state index is -3.74. The number of aromatic nitrogens is 1. The zero-order valence-corrected chi connectivity index (χ0v) is 19.5. The normalized spacial score (nSPS) is 19.6. The Morgan fingerprint density at radius 3 is 2.52 bits per heavy atom. The van der Waals surface area contributed by atoms with Crippen molar-refractivity contribution in [1.29, 1.82) is 0 Å². The van der Waals surface area contributed by atoms with Crippen molar-refractivity contribution < 1.29 is 22.0 Å². The number of benzene rings is 2. The Morgan fingerprint density at radius 2 is 1.85 bits per heavy atom. The van der Waals surface area contributed by atoms with Crippen LogP contribution in [-0.2, 0) is 21.4 Å². The molecule has 176 valence electrons. The number of amides is 1. The zero-order valence-electron chi connectivity index (χ0n) is 18.7. The average molecular weight is 476 g/mol. The molecular weight excluding hydrogens is 449 g/mol. The first-order valence-corrected chi connectivity index (χ1v) is 12.2. The van der Waals surface area contributed by atoms with Gasteiger partial charge in [0.05, 0.1) is 10.4 Å². The lowest BCUT2D eigenvalue weighted by Crippen LogP contribution is -2.42. The summed E-state index contributed by atoms with van der Waals surface area (Å²) in [6.07, 6.45) is 0.974. The Balaban J connectivity index is 1.59. The number of aryl methyl sites for hydroxylation is 1. The summed E-state index contributed by atoms with van der Waals surface area (Å²) in [6, 6.07) is 8.19. The van der Waals surface area contributed by atoms with Crippen LogP contribution in [-0.4, -0.2) is 36.3 Å². The largest absolute Gasteiger partial charge is 0.420 e. The first-order valence-electron chi connectivity index (χ1n) is 10.7. The Bertz CT molecular complexity index is 1370. The highest BCUT2D eigenvalue weighted by molar-refractivity contribution is 7.89. The van der Waals surface area contributed by atoms with Crippen LogP contribution in [0.2, 0.25) is 0 Å². The van der Waals surface area contributed by atoms with E-state index >= 15 is 0 Å². The van der Waals surface area contributed by atoms with E-state index in [1.54, 1.807) is 6.92 Å². The van der Waals surface area contributed by atoms with Gasteiger partial charge in [0.25, 0.3) is 0 Å². The van der Waals surface area contributed by atoms with Crippen LogP contribution in [0.25, 0.3) is 11.1 Å². The molecule has 1 aromatic heterocycles. The number of nitrogens with zero attached hydrogens (tertiary/aromatic N) is 2. The molecule has 2 unspecified atom stereocenters. The zero-order chi connectivity index (χ0) is 23.9. The summed E-state index contributed by atoms with van der Waals surface area (Å²) in [4.78, 5) is 24.9. The molecule has 0 saturated carbocycles. The highest BCUT2D eigenvalue weighted by Crippen LogP contribution is 2.28. The van der Waals surface area contributed by atoms with E-state index in [4.69, 9.17) is 4.42 Å². The molecule has 3 aromatic rings. The van der Waals surface area contributed by atoms with Gasteiger partial charge in [-0.05, 0) is 61.1 Å². The number of anilines is 1. The quantitative estimate of drug-likeness (QED) is 0.610. The minimum Gasteiger partial charge on any atom is -0.408 e. The molecule has 8 nitrogen and oxygen atoms in total. The number of nitrogens with one attached hydrogen (secondary N) is 1. The summed E-state index contributed by atoms with van der Waals surface area (Å²) in [5.41, 5.74) is 1.37. The highest BCUT2D eigenvalue weighted by atomic mass is 32.2. The van der Waals surface area contributed by atoms with E-state index in [0.29, 0.717) is 29.9 Å². The van der Waals surface area contributed by atoms with Crippen LogP contribution in [0.3, 0.4) is 0 Å². The molecule has 10 heteroatoms. The predicted molar refractivity (Wildman–Crippen MR) is 122 cm³/mol. The lowest BCUT2D eigenvalue weighted by atomic mass is 9.94. The van der Waals surface area contributed by atoms with Crippen LogP contribution in [0.4, 0.5) is 10.1 Å². The summed E-state index contributed by atoms with van der Waals surface area (Å²) in [5.74, 6) is -1.17. The fraction of sp³-hybridized carbons (Fsp3) is 0.391. The van der Waals surface area contributed by atoms with Gasteiger partial charge >= 0.3 is 5.76 Å². The number of sulfonamides is 1. The average Bonchev–Trinajstić information content (AvgIpc) is 3.03. The lowest BCUT2D eigenvalue weighted by molar-refractivity contribution is -0.116. The number of halogens is 1. The van der Waals surface area contributed by atoms with Gasteiger partial charge in [0.1, 0.15) is 12.4 Å². The van der Waals surface area contributed by atoms with Crippen LogP contribution < -0.4 is 11.1 Å². The Morgan fingerprint density at radius 1 is 1.15 bits per heavy atom. The molecule has 1 aliphatic rings. The fourth-order valence-electron chi connectivity index (χ4n) is 4.41. The first kappa shape index (κ1) is 23.2. The highest BCUT2D eigenvalue weighted by Gasteiger charge is 2.32. The third-order valence-corrected chi connectivity index (χ3v) is 7.70. The molecule has 1 N–H and O–H groups in total. The van der Waals surface area contributed by atoms with E-state index in [-0.39, 0.29) is 28.9 Å². The van der Waals surface area contributed by atoms with Crippen molar-refractivity contribution in [2.24, 2.45) is 11.8 Å². The SMILES string of the molecule is Cc1cc(F)ccc1NC(=O)Cn1c(=O)oc2cc(S(=O)(=O)N3CC(C)CC(C)C3)ccc21. The second-order valence-electron chi connectivity index (χ2n) is 8.86. The molecule has 0 bridgehead atoms. The van der Waals surface area contributed by atoms with E-state index in [0.717, 1.165) is 11.0 Å². The van der Waals surface area contributed by atoms with E-state index in [9.17, 15) is 22.4 Å². The number of oxazole rings is 1. The number of carbonyl (C=O) groups excluding carboxylic acids is 1. The first-order chi connectivity index (χ1) is 15.5. The van der Waals surface area contributed by atoms with Gasteiger partial charge in [-0.3, -0.25) is 9.36 Å². The van der Waals surface area contributed by atoms with Gasteiger partial charge in [-0.15, -0.1) is 0 Å². The van der Waals surface area contributed by atoms with Gasteiger partial charge in [-0.2, -0.15) is 4.31 Å². The number of carbonyl (C=O) groups is 1. The number of hydrogen-bond donors (Lipinski definition) is 1. The maximum Gasteiger partial charge on any atom is 0.420 e. The molecular formula is C23H26FN3O5S. The molecule has 2 atom stereocenters. The standard InChI is InChI=1S/C23H26FN3O5S/c1-14-8-15(2)12-26(11-14)33(30,31)18-5-7-20-21(10-18)32-23(29)27(20)13-22(28)25-19-6-4-17(24)9-16(19)3/h4-7,9-10,14-15H,8,11-13H2,1-3H3,(H,25,28). The summed E-state index contributed by atoms with van der Waals surface area (Å²) < 4.78 is 47.4. The van der Waals surface area contributed by atoms with Crippen molar-refractivity contribution in [3.63, 3.8) is 0 Å². The smallest absolute Gasteiger partial charge is 0.408 e. The van der Waals surface area contributed by atoms with Crippen molar-refractivity contribution in [3.8, 4) is 0 Å². The molecule has 2 aromatic carbocycles. The molecule has 1 aliphatic heterocycles. The Hall–Kier alpha value is -2.98. The molecule has 4 rings (SSSR count). The van der Waals surface area contributed by atoms with E-state index in [1.165, 1.54) is 40.7 Å². The molecule has 1 saturated heterocycles. The van der Waals surface area contributed by atoms with Crippen LogP contribution in [0.15, 0.2) is 50.5 Å². The predicted octanol–water partition coefficient (Wildman–Crippen LogP) is 3.35. The number of piperidine rings is 1. The third-order valence-electron chi connectivity index (χ3n) is 5.88. The van der Waals surface area contributed by atoms with Crippen molar-refractivity contribution >= 4 is 32.7 Å². The van der Waals surface area contributed by atoms with Crippen LogP contribution in [0.1, 0.15) is 25.8 Å². The summed E-state index contributed by atoms with van der Waals surface area (Å²) in [6.45, 7) is 6.26. The van der Waals surface area contributed by atoms with Crippen molar-refractivity contribution in [2.45, 2.75) is 38.6 Å². The molecule has 2 heterocycles. The van der Waals surface area contributed by atoms with Crippen molar-refractivity contribution in [3.05, 3.63) is 58.3 Å². The maximum absolute atomic E-state index is 13.3. The Kier molecular flexibility index (Phi) is 6.15.